The van der Waals surface area contributed by atoms with Crippen molar-refractivity contribution in [3.8, 4) is 0 Å². The highest BCUT2D eigenvalue weighted by molar-refractivity contribution is 5.82. The average molecular weight is 186 g/mol. The monoisotopic (exact) mass is 186 g/mol. The van der Waals surface area contributed by atoms with Gasteiger partial charge in [-0.25, -0.2) is 4.79 Å². The summed E-state index contributed by atoms with van der Waals surface area (Å²) in [4.78, 5) is 20.9. The molecule has 0 aliphatic carbocycles. The summed E-state index contributed by atoms with van der Waals surface area (Å²) in [5.74, 6) is -1.17. The van der Waals surface area contributed by atoms with Crippen LogP contribution in [0.4, 0.5) is 0 Å². The molecular formula is C9H14O4. The van der Waals surface area contributed by atoms with Crippen molar-refractivity contribution in [2.75, 3.05) is 6.61 Å². The zero-order valence-electron chi connectivity index (χ0n) is 7.82. The highest BCUT2D eigenvalue weighted by Gasteiger charge is 1.99. The number of ether oxygens (including phenoxy) is 1. The third-order valence-electron chi connectivity index (χ3n) is 1.11. The minimum Gasteiger partial charge on any atom is -0.481 e. The van der Waals surface area contributed by atoms with Crippen molar-refractivity contribution in [3.05, 3.63) is 12.2 Å². The Kier molecular flexibility index (Phi) is 5.59. The Bertz CT molecular complexity index is 206. The van der Waals surface area contributed by atoms with Crippen LogP contribution in [0.5, 0.6) is 0 Å². The second-order valence-electron chi connectivity index (χ2n) is 3.02. The van der Waals surface area contributed by atoms with Crippen LogP contribution in [0.25, 0.3) is 0 Å². The molecule has 0 aliphatic rings. The van der Waals surface area contributed by atoms with Gasteiger partial charge in [0, 0.05) is 6.08 Å². The summed E-state index contributed by atoms with van der Waals surface area (Å²) < 4.78 is 4.77. The maximum atomic E-state index is 10.8. The normalized spacial score (nSPS) is 10.7. The van der Waals surface area contributed by atoms with Crippen molar-refractivity contribution in [2.24, 2.45) is 5.92 Å². The van der Waals surface area contributed by atoms with Crippen LogP contribution in [0.15, 0.2) is 12.2 Å². The Balaban J connectivity index is 3.61. The van der Waals surface area contributed by atoms with Crippen LogP contribution >= 0.6 is 0 Å². The van der Waals surface area contributed by atoms with E-state index in [0.29, 0.717) is 6.61 Å². The maximum Gasteiger partial charge on any atom is 0.330 e. The fourth-order valence-electron chi connectivity index (χ4n) is 0.553. The lowest BCUT2D eigenvalue weighted by atomic mass is 10.2. The summed E-state index contributed by atoms with van der Waals surface area (Å²) in [6.07, 6.45) is 2.25. The van der Waals surface area contributed by atoms with Gasteiger partial charge in [-0.15, -0.1) is 0 Å². The van der Waals surface area contributed by atoms with E-state index in [0.717, 1.165) is 6.08 Å². The molecule has 0 atom stereocenters. The van der Waals surface area contributed by atoms with Crippen LogP contribution in [-0.4, -0.2) is 23.7 Å². The van der Waals surface area contributed by atoms with E-state index in [-0.39, 0.29) is 12.3 Å². The molecular weight excluding hydrogens is 172 g/mol. The summed E-state index contributed by atoms with van der Waals surface area (Å²) in [5.41, 5.74) is 0. The van der Waals surface area contributed by atoms with E-state index in [4.69, 9.17) is 9.84 Å². The van der Waals surface area contributed by atoms with Crippen molar-refractivity contribution in [2.45, 2.75) is 20.3 Å². The third kappa shape index (κ3) is 8.59. The lowest BCUT2D eigenvalue weighted by Gasteiger charge is -2.03. The highest BCUT2D eigenvalue weighted by Crippen LogP contribution is 1.94. The molecule has 0 amide bonds. The summed E-state index contributed by atoms with van der Waals surface area (Å²) >= 11 is 0. The van der Waals surface area contributed by atoms with Crippen LogP contribution in [0.1, 0.15) is 20.3 Å². The summed E-state index contributed by atoms with van der Waals surface area (Å²) in [6, 6.07) is 0. The van der Waals surface area contributed by atoms with E-state index in [1.807, 2.05) is 13.8 Å². The number of carboxylic acid groups (broad SMARTS) is 1. The van der Waals surface area contributed by atoms with Gasteiger partial charge in [0.25, 0.3) is 0 Å². The Morgan fingerprint density at radius 3 is 2.54 bits per heavy atom. The van der Waals surface area contributed by atoms with Gasteiger partial charge in [-0.1, -0.05) is 19.9 Å². The second kappa shape index (κ2) is 6.22. The number of carbonyl (C=O) groups excluding carboxylic acids is 1. The van der Waals surface area contributed by atoms with Gasteiger partial charge >= 0.3 is 11.9 Å². The van der Waals surface area contributed by atoms with Gasteiger partial charge < -0.3 is 9.84 Å². The van der Waals surface area contributed by atoms with Crippen molar-refractivity contribution in [3.63, 3.8) is 0 Å². The molecule has 13 heavy (non-hydrogen) atoms. The van der Waals surface area contributed by atoms with E-state index in [1.54, 1.807) is 0 Å². The van der Waals surface area contributed by atoms with Gasteiger partial charge in [0.05, 0.1) is 13.0 Å². The summed E-state index contributed by atoms with van der Waals surface area (Å²) in [6.45, 7) is 4.21. The summed E-state index contributed by atoms with van der Waals surface area (Å²) in [7, 11) is 0. The van der Waals surface area contributed by atoms with Gasteiger partial charge in [0.1, 0.15) is 0 Å². The molecule has 1 N–H and O–H groups in total. The Hall–Kier alpha value is -1.32. The zero-order valence-corrected chi connectivity index (χ0v) is 7.82. The number of esters is 1. The Morgan fingerprint density at radius 2 is 2.08 bits per heavy atom. The van der Waals surface area contributed by atoms with E-state index >= 15 is 0 Å². The fraction of sp³-hybridized carbons (Fsp3) is 0.556. The smallest absolute Gasteiger partial charge is 0.330 e. The minimum atomic E-state index is -0.965. The number of hydrogen-bond donors (Lipinski definition) is 1. The van der Waals surface area contributed by atoms with Crippen LogP contribution in [0.2, 0.25) is 0 Å². The molecule has 0 saturated heterocycles. The summed E-state index contributed by atoms with van der Waals surface area (Å²) in [5, 5.41) is 8.24. The van der Waals surface area contributed by atoms with Gasteiger partial charge in [-0.2, -0.15) is 0 Å². The fourth-order valence-corrected chi connectivity index (χ4v) is 0.553. The number of rotatable bonds is 5. The number of aliphatic carboxylic acids is 1. The molecule has 0 unspecified atom stereocenters. The van der Waals surface area contributed by atoms with Gasteiger partial charge in [-0.3, -0.25) is 4.79 Å². The van der Waals surface area contributed by atoms with Crippen molar-refractivity contribution >= 4 is 11.9 Å². The van der Waals surface area contributed by atoms with E-state index in [1.165, 1.54) is 6.08 Å². The standard InChI is InChI=1S/C9H14O4/c1-7(2)6-13-9(12)5-3-4-8(10)11/h3,5,7H,4,6H2,1-2H3,(H,10,11). The largest absolute Gasteiger partial charge is 0.481 e. The first-order valence-corrected chi connectivity index (χ1v) is 4.07. The van der Waals surface area contributed by atoms with E-state index in [2.05, 4.69) is 0 Å². The number of carbonyl (C=O) groups is 2. The van der Waals surface area contributed by atoms with Gasteiger partial charge in [0.15, 0.2) is 0 Å². The van der Waals surface area contributed by atoms with Crippen molar-refractivity contribution in [1.82, 2.24) is 0 Å². The van der Waals surface area contributed by atoms with Crippen LogP contribution in [-0.2, 0) is 14.3 Å². The van der Waals surface area contributed by atoms with E-state index < -0.39 is 11.9 Å². The molecule has 0 heterocycles. The van der Waals surface area contributed by atoms with Gasteiger partial charge in [-0.05, 0) is 5.92 Å². The average Bonchev–Trinajstić information content (AvgIpc) is 2.00. The van der Waals surface area contributed by atoms with Crippen LogP contribution < -0.4 is 0 Å². The molecule has 0 bridgehead atoms. The molecule has 0 spiro atoms. The molecule has 4 nitrogen and oxygen atoms in total. The van der Waals surface area contributed by atoms with Gasteiger partial charge in [0.2, 0.25) is 0 Å². The topological polar surface area (TPSA) is 63.6 Å². The molecule has 0 aromatic heterocycles. The van der Waals surface area contributed by atoms with E-state index in [9.17, 15) is 9.59 Å². The third-order valence-corrected chi connectivity index (χ3v) is 1.11. The molecule has 4 heteroatoms. The molecule has 0 radical (unpaired) electrons. The molecule has 0 rings (SSSR count). The Morgan fingerprint density at radius 1 is 1.46 bits per heavy atom. The molecule has 0 fully saturated rings. The first kappa shape index (κ1) is 11.7. The molecule has 0 saturated carbocycles. The highest BCUT2D eigenvalue weighted by atomic mass is 16.5. The SMILES string of the molecule is CC(C)COC(=O)C=CCC(=O)O. The van der Waals surface area contributed by atoms with Crippen molar-refractivity contribution < 1.29 is 19.4 Å². The molecule has 0 aliphatic heterocycles. The predicted octanol–water partition coefficient (Wildman–Crippen LogP) is 1.22. The van der Waals surface area contributed by atoms with Crippen molar-refractivity contribution in [1.29, 1.82) is 0 Å². The maximum absolute atomic E-state index is 10.8. The van der Waals surface area contributed by atoms with Crippen LogP contribution in [0, 0.1) is 5.92 Å². The first-order chi connectivity index (χ1) is 6.02. The quantitative estimate of drug-likeness (QED) is 0.518. The van der Waals surface area contributed by atoms with Crippen LogP contribution in [0.3, 0.4) is 0 Å². The lowest BCUT2D eigenvalue weighted by molar-refractivity contribution is -0.138. The molecule has 74 valence electrons. The first-order valence-electron chi connectivity index (χ1n) is 4.07. The predicted molar refractivity (Wildman–Crippen MR) is 47.2 cm³/mol. The zero-order chi connectivity index (χ0) is 10.3. The molecule has 0 aromatic carbocycles. The number of carboxylic acids is 1. The minimum absolute atomic E-state index is 0.156. The lowest BCUT2D eigenvalue weighted by Crippen LogP contribution is -2.07. The Labute approximate surface area is 77.2 Å². The molecule has 0 aromatic rings. The number of hydrogen-bond acceptors (Lipinski definition) is 3. The second-order valence-corrected chi connectivity index (χ2v) is 3.02.